The van der Waals surface area contributed by atoms with Crippen LogP contribution in [0.5, 0.6) is 0 Å². The zero-order chi connectivity index (χ0) is 31.6. The number of allylic oxidation sites excluding steroid dienone is 3. The van der Waals surface area contributed by atoms with Gasteiger partial charge in [-0.15, -0.1) is 0 Å². The summed E-state index contributed by atoms with van der Waals surface area (Å²) in [6.45, 7) is 0. The van der Waals surface area contributed by atoms with E-state index in [4.69, 9.17) is 9.98 Å². The Kier molecular flexibility index (Phi) is 5.97. The van der Waals surface area contributed by atoms with Crippen molar-refractivity contribution in [3.63, 3.8) is 0 Å². The van der Waals surface area contributed by atoms with Crippen molar-refractivity contribution in [3.8, 4) is 0 Å². The molecule has 4 aliphatic heterocycles. The number of aliphatic imine (C=N–C) groups is 2. The highest BCUT2D eigenvalue weighted by atomic mass is 15.2. The van der Waals surface area contributed by atoms with Gasteiger partial charge in [0.05, 0.1) is 22.8 Å². The summed E-state index contributed by atoms with van der Waals surface area (Å²) < 4.78 is 2.46. The highest BCUT2D eigenvalue weighted by Gasteiger charge is 2.42. The summed E-state index contributed by atoms with van der Waals surface area (Å²) >= 11 is 0. The molecule has 0 fully saturated rings. The van der Waals surface area contributed by atoms with Gasteiger partial charge in [-0.1, -0.05) is 121 Å². The lowest BCUT2D eigenvalue weighted by Gasteiger charge is -2.17. The highest BCUT2D eigenvalue weighted by molar-refractivity contribution is 6.31. The van der Waals surface area contributed by atoms with E-state index in [1.165, 1.54) is 16.8 Å². The van der Waals surface area contributed by atoms with Crippen molar-refractivity contribution >= 4 is 28.1 Å². The van der Waals surface area contributed by atoms with Crippen LogP contribution in [0, 0.1) is 0 Å². The SMILES string of the molecule is C1=C/C2=C(\c3ccccc3)c3ccc4n3C3N=C(C=C3C4c3ccccc3)/C(c3ccccc3)=c3/cc/c([nH]3)=C(\c3ccccc3)C1=N2. The topological polar surface area (TPSA) is 45.4 Å². The molecule has 4 nitrogen and oxygen atoms in total. The van der Waals surface area contributed by atoms with Crippen molar-refractivity contribution in [2.45, 2.75) is 12.1 Å². The quantitative estimate of drug-likeness (QED) is 0.211. The molecule has 6 aromatic rings. The molecule has 1 N–H and O–H groups in total. The van der Waals surface area contributed by atoms with Crippen LogP contribution in [-0.2, 0) is 0 Å². The van der Waals surface area contributed by atoms with Gasteiger partial charge in [0.25, 0.3) is 0 Å². The maximum Gasteiger partial charge on any atom is 0.149 e. The van der Waals surface area contributed by atoms with Gasteiger partial charge in [0, 0.05) is 39.0 Å². The number of fused-ring (bicyclic) bond motifs is 3. The van der Waals surface area contributed by atoms with Crippen LogP contribution in [0.15, 0.2) is 185 Å². The Morgan fingerprint density at radius 1 is 0.521 bits per heavy atom. The van der Waals surface area contributed by atoms with E-state index in [0.29, 0.717) is 0 Å². The van der Waals surface area contributed by atoms with Crippen molar-refractivity contribution in [1.29, 1.82) is 0 Å². The second kappa shape index (κ2) is 10.6. The molecule has 0 saturated carbocycles. The summed E-state index contributed by atoms with van der Waals surface area (Å²) in [5, 5.41) is 2.05. The van der Waals surface area contributed by atoms with Crippen molar-refractivity contribution in [1.82, 2.24) is 9.55 Å². The number of aromatic nitrogens is 2. The van der Waals surface area contributed by atoms with E-state index in [9.17, 15) is 0 Å². The Morgan fingerprint density at radius 3 is 1.71 bits per heavy atom. The predicted molar refractivity (Wildman–Crippen MR) is 194 cm³/mol. The molecule has 4 aromatic carbocycles. The fourth-order valence-corrected chi connectivity index (χ4v) is 7.86. The number of hydrogen-bond donors (Lipinski definition) is 1. The smallest absolute Gasteiger partial charge is 0.149 e. The van der Waals surface area contributed by atoms with Crippen molar-refractivity contribution in [2.24, 2.45) is 9.98 Å². The van der Waals surface area contributed by atoms with Gasteiger partial charge in [-0.05, 0) is 70.3 Å². The minimum Gasteiger partial charge on any atom is -0.354 e. The van der Waals surface area contributed by atoms with E-state index < -0.39 is 0 Å². The van der Waals surface area contributed by atoms with Gasteiger partial charge < -0.3 is 9.55 Å². The zero-order valence-corrected chi connectivity index (χ0v) is 26.1. The number of rotatable bonds is 4. The lowest BCUT2D eigenvalue weighted by Crippen LogP contribution is -2.21. The standard InChI is InChI=1S/C44H30N4/c1-5-13-28(14-6-1)40-32-27-37-42(30-17-9-3-10-18-30)35-22-21-33(45-35)41(29-15-7-2-8-16-29)34-23-24-36(46-34)43(31-19-11-4-12-20-31)39-26-25-38(40)48(39)44(32)47-37/h1-27,40,44-45H/b41-33-,42-35-,43-36-. The van der Waals surface area contributed by atoms with E-state index in [1.54, 1.807) is 0 Å². The van der Waals surface area contributed by atoms with Gasteiger partial charge in [-0.2, -0.15) is 0 Å². The summed E-state index contributed by atoms with van der Waals surface area (Å²) in [6.07, 6.45) is 6.53. The molecule has 0 spiro atoms. The summed E-state index contributed by atoms with van der Waals surface area (Å²) in [4.78, 5) is 14.9. The van der Waals surface area contributed by atoms with E-state index in [0.717, 1.165) is 66.9 Å². The summed E-state index contributed by atoms with van der Waals surface area (Å²) in [5.74, 6) is 0.0913. The number of benzene rings is 4. The number of nitrogens with zero attached hydrogens (tertiary/aromatic N) is 3. The first-order valence-corrected chi connectivity index (χ1v) is 16.5. The maximum absolute atomic E-state index is 5.60. The average molecular weight is 615 g/mol. The van der Waals surface area contributed by atoms with Crippen molar-refractivity contribution in [3.05, 3.63) is 219 Å². The van der Waals surface area contributed by atoms with Crippen LogP contribution in [0.25, 0.3) is 16.7 Å². The maximum atomic E-state index is 5.60. The normalized spacial score (nSPS) is 22.7. The van der Waals surface area contributed by atoms with Gasteiger partial charge in [-0.3, -0.25) is 4.99 Å². The van der Waals surface area contributed by atoms with Gasteiger partial charge in [0.1, 0.15) is 6.17 Å². The predicted octanol–water partition coefficient (Wildman–Crippen LogP) is 7.72. The van der Waals surface area contributed by atoms with E-state index in [1.807, 2.05) is 0 Å². The molecular formula is C44H30N4. The summed E-state index contributed by atoms with van der Waals surface area (Å²) in [7, 11) is 0. The lowest BCUT2D eigenvalue weighted by molar-refractivity contribution is 0.643. The fourth-order valence-electron chi connectivity index (χ4n) is 7.86. The summed E-state index contributed by atoms with van der Waals surface area (Å²) in [6, 6.07) is 51.7. The molecule has 6 heterocycles. The van der Waals surface area contributed by atoms with Crippen LogP contribution in [-0.4, -0.2) is 21.0 Å². The average Bonchev–Trinajstić information content (AvgIpc) is 3.98. The molecule has 4 heteroatoms. The van der Waals surface area contributed by atoms with E-state index in [-0.39, 0.29) is 12.1 Å². The molecule has 2 aromatic heterocycles. The minimum absolute atomic E-state index is 0.0913. The molecular weight excluding hydrogens is 585 g/mol. The van der Waals surface area contributed by atoms with E-state index >= 15 is 0 Å². The molecule has 48 heavy (non-hydrogen) atoms. The molecule has 226 valence electrons. The van der Waals surface area contributed by atoms with Crippen molar-refractivity contribution in [2.75, 3.05) is 0 Å². The Hall–Kier alpha value is -6.26. The van der Waals surface area contributed by atoms with Crippen LogP contribution in [0.3, 0.4) is 0 Å². The Morgan fingerprint density at radius 2 is 1.08 bits per heavy atom. The van der Waals surface area contributed by atoms with Crippen LogP contribution < -0.4 is 10.7 Å². The third-order valence-electron chi connectivity index (χ3n) is 9.90. The van der Waals surface area contributed by atoms with Gasteiger partial charge in [-0.25, -0.2) is 4.99 Å². The molecule has 0 amide bonds. The molecule has 0 aliphatic carbocycles. The van der Waals surface area contributed by atoms with Crippen LogP contribution >= 0.6 is 0 Å². The molecule has 10 rings (SSSR count). The Bertz CT molecular complexity index is 2520. The minimum atomic E-state index is -0.166. The fraction of sp³-hybridized carbons (Fsp3) is 0.0455. The molecule has 2 unspecified atom stereocenters. The van der Waals surface area contributed by atoms with E-state index in [2.05, 4.69) is 173 Å². The van der Waals surface area contributed by atoms with Gasteiger partial charge in [0.15, 0.2) is 0 Å². The van der Waals surface area contributed by atoms with Crippen molar-refractivity contribution < 1.29 is 0 Å². The highest BCUT2D eigenvalue weighted by Crippen LogP contribution is 2.51. The Balaban J connectivity index is 1.35. The molecule has 6 bridgehead atoms. The summed E-state index contributed by atoms with van der Waals surface area (Å²) in [5.41, 5.74) is 14.5. The Labute approximate surface area is 278 Å². The second-order valence-corrected chi connectivity index (χ2v) is 12.6. The largest absolute Gasteiger partial charge is 0.354 e. The second-order valence-electron chi connectivity index (χ2n) is 12.6. The molecule has 2 atom stereocenters. The number of H-pyrrole nitrogens is 1. The first kappa shape index (κ1) is 26.9. The third-order valence-corrected chi connectivity index (χ3v) is 9.90. The third kappa shape index (κ3) is 4.09. The van der Waals surface area contributed by atoms with Crippen LogP contribution in [0.2, 0.25) is 0 Å². The molecule has 0 saturated heterocycles. The van der Waals surface area contributed by atoms with Crippen LogP contribution in [0.1, 0.15) is 45.7 Å². The molecule has 0 radical (unpaired) electrons. The lowest BCUT2D eigenvalue weighted by atomic mass is 9.89. The number of nitrogens with one attached hydrogen (secondary N) is 1. The zero-order valence-electron chi connectivity index (χ0n) is 26.1. The van der Waals surface area contributed by atoms with Gasteiger partial charge in [0.2, 0.25) is 0 Å². The van der Waals surface area contributed by atoms with Crippen LogP contribution in [0.4, 0.5) is 0 Å². The number of hydrogen-bond acceptors (Lipinski definition) is 2. The monoisotopic (exact) mass is 614 g/mol. The first-order valence-electron chi connectivity index (χ1n) is 16.5. The first-order chi connectivity index (χ1) is 23.8. The number of aromatic amines is 1. The van der Waals surface area contributed by atoms with Gasteiger partial charge >= 0.3 is 0 Å². The molecule has 4 aliphatic rings.